The summed E-state index contributed by atoms with van der Waals surface area (Å²) in [7, 11) is 1.36. The Hall–Kier alpha value is -1.95. The number of benzene rings is 1. The largest absolute Gasteiger partial charge is 0.493 e. The molecule has 1 aromatic heterocycles. The van der Waals surface area contributed by atoms with E-state index in [1.165, 1.54) is 37.7 Å². The summed E-state index contributed by atoms with van der Waals surface area (Å²) in [6, 6.07) is 3.81. The Labute approximate surface area is 113 Å². The highest BCUT2D eigenvalue weighted by Gasteiger charge is 2.14. The summed E-state index contributed by atoms with van der Waals surface area (Å²) in [5.74, 6) is 0.473. The number of rotatable bonds is 4. The molecule has 0 aliphatic heterocycles. The zero-order valence-corrected chi connectivity index (χ0v) is 10.6. The molecule has 0 radical (unpaired) electrons. The number of hydrogen-bond donors (Lipinski definition) is 0. The van der Waals surface area contributed by atoms with Crippen LogP contribution in [-0.2, 0) is 0 Å². The Kier molecular flexibility index (Phi) is 4.11. The fourth-order valence-corrected chi connectivity index (χ4v) is 1.53. The lowest BCUT2D eigenvalue weighted by atomic mass is 10.2. The van der Waals surface area contributed by atoms with Gasteiger partial charge in [-0.2, -0.15) is 0 Å². The van der Waals surface area contributed by atoms with Crippen molar-refractivity contribution in [3.05, 3.63) is 41.3 Å². The summed E-state index contributed by atoms with van der Waals surface area (Å²) in [4.78, 5) is 7.68. The van der Waals surface area contributed by atoms with Crippen molar-refractivity contribution in [2.45, 2.75) is 6.43 Å². The number of halogens is 3. The molecule has 4 nitrogen and oxygen atoms in total. The van der Waals surface area contributed by atoms with Crippen molar-refractivity contribution in [2.24, 2.45) is 0 Å². The number of methoxy groups -OCH3 is 1. The number of aromatic nitrogens is 2. The second kappa shape index (κ2) is 5.79. The molecule has 0 aliphatic carbocycles. The van der Waals surface area contributed by atoms with Crippen molar-refractivity contribution >= 4 is 11.6 Å². The molecule has 2 aromatic rings. The van der Waals surface area contributed by atoms with Crippen LogP contribution in [0.5, 0.6) is 17.4 Å². The molecule has 2 rings (SSSR count). The molecule has 0 saturated heterocycles. The quantitative estimate of drug-likeness (QED) is 0.856. The fourth-order valence-electron chi connectivity index (χ4n) is 1.39. The number of alkyl halides is 2. The van der Waals surface area contributed by atoms with Gasteiger partial charge < -0.3 is 9.47 Å². The van der Waals surface area contributed by atoms with E-state index in [-0.39, 0.29) is 28.1 Å². The molecule has 1 heterocycles. The van der Waals surface area contributed by atoms with Crippen LogP contribution in [0, 0.1) is 0 Å². The van der Waals surface area contributed by atoms with Crippen LogP contribution in [0.4, 0.5) is 8.78 Å². The Morgan fingerprint density at radius 3 is 2.53 bits per heavy atom. The predicted molar refractivity (Wildman–Crippen MR) is 65.1 cm³/mol. The molecule has 100 valence electrons. The van der Waals surface area contributed by atoms with Crippen LogP contribution in [0.15, 0.2) is 30.6 Å². The maximum atomic E-state index is 12.6. The Bertz CT molecular complexity index is 581. The number of nitrogens with zero attached hydrogens (tertiary/aromatic N) is 2. The number of ether oxygens (including phenoxy) is 2. The molecule has 1 aromatic carbocycles. The van der Waals surface area contributed by atoms with Gasteiger partial charge >= 0.3 is 0 Å². The third-order valence-electron chi connectivity index (χ3n) is 2.27. The monoisotopic (exact) mass is 286 g/mol. The van der Waals surface area contributed by atoms with E-state index in [2.05, 4.69) is 9.97 Å². The molecule has 0 N–H and O–H groups in total. The minimum Gasteiger partial charge on any atom is -0.493 e. The first-order valence-corrected chi connectivity index (χ1v) is 5.60. The van der Waals surface area contributed by atoms with E-state index in [9.17, 15) is 8.78 Å². The molecular formula is C12H9ClF2N2O2. The van der Waals surface area contributed by atoms with Crippen LogP contribution in [0.1, 0.15) is 12.0 Å². The maximum absolute atomic E-state index is 12.6. The van der Waals surface area contributed by atoms with Gasteiger partial charge in [-0.3, -0.25) is 0 Å². The van der Waals surface area contributed by atoms with Gasteiger partial charge in [0.15, 0.2) is 16.7 Å². The standard InChI is InChI=1S/C12H9ClF2N2O2/c1-18-9-6-7(11(14)15)2-3-8(9)19-12-10(13)16-4-5-17-12/h2-6,11H,1H3. The fraction of sp³-hybridized carbons (Fsp3) is 0.167. The lowest BCUT2D eigenvalue weighted by molar-refractivity contribution is 0.151. The van der Waals surface area contributed by atoms with Gasteiger partial charge in [-0.25, -0.2) is 18.7 Å². The van der Waals surface area contributed by atoms with E-state index >= 15 is 0 Å². The van der Waals surface area contributed by atoms with Gasteiger partial charge in [-0.15, -0.1) is 0 Å². The topological polar surface area (TPSA) is 44.2 Å². The van der Waals surface area contributed by atoms with Crippen LogP contribution in [-0.4, -0.2) is 17.1 Å². The van der Waals surface area contributed by atoms with E-state index in [1.54, 1.807) is 0 Å². The highest BCUT2D eigenvalue weighted by molar-refractivity contribution is 6.30. The average molecular weight is 287 g/mol. The molecule has 0 bridgehead atoms. The second-order valence-electron chi connectivity index (χ2n) is 3.47. The summed E-state index contributed by atoms with van der Waals surface area (Å²) in [5.41, 5.74) is -0.158. The highest BCUT2D eigenvalue weighted by atomic mass is 35.5. The lowest BCUT2D eigenvalue weighted by Gasteiger charge is -2.11. The average Bonchev–Trinajstić information content (AvgIpc) is 2.41. The van der Waals surface area contributed by atoms with Crippen LogP contribution >= 0.6 is 11.6 Å². The summed E-state index contributed by atoms with van der Waals surface area (Å²) < 4.78 is 35.5. The summed E-state index contributed by atoms with van der Waals surface area (Å²) in [6.07, 6.45) is 0.233. The third-order valence-corrected chi connectivity index (χ3v) is 2.53. The van der Waals surface area contributed by atoms with Crippen molar-refractivity contribution in [2.75, 3.05) is 7.11 Å². The molecular weight excluding hydrogens is 278 g/mol. The van der Waals surface area contributed by atoms with Crippen LogP contribution < -0.4 is 9.47 Å². The summed E-state index contributed by atoms with van der Waals surface area (Å²) in [6.45, 7) is 0. The van der Waals surface area contributed by atoms with Gasteiger partial charge in [0.1, 0.15) is 0 Å². The molecule has 0 saturated carbocycles. The summed E-state index contributed by atoms with van der Waals surface area (Å²) >= 11 is 5.79. The first-order valence-electron chi connectivity index (χ1n) is 5.22. The zero-order valence-electron chi connectivity index (χ0n) is 9.81. The lowest BCUT2D eigenvalue weighted by Crippen LogP contribution is -1.95. The van der Waals surface area contributed by atoms with Gasteiger partial charge in [0.2, 0.25) is 0 Å². The van der Waals surface area contributed by atoms with E-state index in [0.717, 1.165) is 0 Å². The van der Waals surface area contributed by atoms with E-state index in [0.29, 0.717) is 0 Å². The van der Waals surface area contributed by atoms with Crippen molar-refractivity contribution in [3.63, 3.8) is 0 Å². The van der Waals surface area contributed by atoms with E-state index in [4.69, 9.17) is 21.1 Å². The van der Waals surface area contributed by atoms with Gasteiger partial charge in [-0.1, -0.05) is 11.6 Å². The summed E-state index contributed by atoms with van der Waals surface area (Å²) in [5, 5.41) is 0.0717. The van der Waals surface area contributed by atoms with Crippen molar-refractivity contribution in [1.82, 2.24) is 9.97 Å². The Balaban J connectivity index is 2.33. The molecule has 7 heteroatoms. The van der Waals surface area contributed by atoms with Crippen LogP contribution in [0.3, 0.4) is 0 Å². The SMILES string of the molecule is COc1cc(C(F)F)ccc1Oc1nccnc1Cl. The molecule has 0 fully saturated rings. The zero-order chi connectivity index (χ0) is 13.8. The molecule has 0 unspecified atom stereocenters. The first-order chi connectivity index (χ1) is 9.11. The molecule has 0 spiro atoms. The predicted octanol–water partition coefficient (Wildman–Crippen LogP) is 3.87. The smallest absolute Gasteiger partial charge is 0.263 e. The molecule has 0 aliphatic rings. The first kappa shape index (κ1) is 13.5. The minimum atomic E-state index is -2.58. The molecule has 19 heavy (non-hydrogen) atoms. The third kappa shape index (κ3) is 3.08. The van der Waals surface area contributed by atoms with E-state index < -0.39 is 6.43 Å². The second-order valence-corrected chi connectivity index (χ2v) is 3.82. The van der Waals surface area contributed by atoms with Gasteiger partial charge in [0.25, 0.3) is 12.3 Å². The molecule has 0 amide bonds. The minimum absolute atomic E-state index is 0.0717. The van der Waals surface area contributed by atoms with Crippen molar-refractivity contribution in [3.8, 4) is 17.4 Å². The van der Waals surface area contributed by atoms with E-state index in [1.807, 2.05) is 0 Å². The van der Waals surface area contributed by atoms with Gasteiger partial charge in [-0.05, 0) is 18.2 Å². The van der Waals surface area contributed by atoms with Crippen LogP contribution in [0.2, 0.25) is 5.15 Å². The van der Waals surface area contributed by atoms with Crippen molar-refractivity contribution < 1.29 is 18.3 Å². The maximum Gasteiger partial charge on any atom is 0.263 e. The highest BCUT2D eigenvalue weighted by Crippen LogP contribution is 2.35. The normalized spacial score (nSPS) is 10.6. The Morgan fingerprint density at radius 2 is 1.89 bits per heavy atom. The molecule has 0 atom stereocenters. The Morgan fingerprint density at radius 1 is 1.16 bits per heavy atom. The van der Waals surface area contributed by atoms with Gasteiger partial charge in [0, 0.05) is 18.0 Å². The van der Waals surface area contributed by atoms with Gasteiger partial charge in [0.05, 0.1) is 7.11 Å². The van der Waals surface area contributed by atoms with Crippen molar-refractivity contribution in [1.29, 1.82) is 0 Å². The van der Waals surface area contributed by atoms with Crippen LogP contribution in [0.25, 0.3) is 0 Å². The number of hydrogen-bond acceptors (Lipinski definition) is 4.